The number of nitrogens with one attached hydrogen (secondary N) is 1. The molecule has 4 nitrogen and oxygen atoms in total. The number of urea groups is 1. The molecule has 0 saturated carbocycles. The third kappa shape index (κ3) is 3.14. The first-order valence-electron chi connectivity index (χ1n) is 8.78. The second kappa shape index (κ2) is 6.63. The Bertz CT molecular complexity index is 691. The molecule has 1 aliphatic heterocycles. The van der Waals surface area contributed by atoms with Gasteiger partial charge in [-0.3, -0.25) is 4.98 Å². The maximum Gasteiger partial charge on any atom is 0.317 e. The first-order valence-corrected chi connectivity index (χ1v) is 8.78. The van der Waals surface area contributed by atoms with Crippen LogP contribution in [0.5, 0.6) is 0 Å². The molecule has 2 amide bonds. The molecule has 1 saturated heterocycles. The summed E-state index contributed by atoms with van der Waals surface area (Å²) in [7, 11) is 0. The van der Waals surface area contributed by atoms with Crippen LogP contribution >= 0.6 is 0 Å². The van der Waals surface area contributed by atoms with Gasteiger partial charge >= 0.3 is 6.03 Å². The summed E-state index contributed by atoms with van der Waals surface area (Å²) in [6, 6.07) is 12.7. The SMILES string of the molecule is O=C(NCc1cccnc1)N1CCC(C2Cc3ccccc3C2)C1. The predicted octanol–water partition coefficient (Wildman–Crippen LogP) is 3.03. The Kier molecular flexibility index (Phi) is 4.20. The topological polar surface area (TPSA) is 45.2 Å². The number of likely N-dealkylation sites (tertiary alicyclic amines) is 1. The lowest BCUT2D eigenvalue weighted by atomic mass is 9.89. The molecule has 1 fully saturated rings. The molecule has 1 aliphatic carbocycles. The molecule has 1 N–H and O–H groups in total. The lowest BCUT2D eigenvalue weighted by Crippen LogP contribution is -2.38. The van der Waals surface area contributed by atoms with Crippen LogP contribution in [0.25, 0.3) is 0 Å². The zero-order valence-corrected chi connectivity index (χ0v) is 13.8. The zero-order valence-electron chi connectivity index (χ0n) is 13.8. The van der Waals surface area contributed by atoms with Crippen LogP contribution < -0.4 is 5.32 Å². The van der Waals surface area contributed by atoms with Crippen molar-refractivity contribution in [3.63, 3.8) is 0 Å². The number of aromatic nitrogens is 1. The molecule has 1 aromatic heterocycles. The van der Waals surface area contributed by atoms with Crippen molar-refractivity contribution in [3.05, 3.63) is 65.5 Å². The number of pyridine rings is 1. The second-order valence-electron chi connectivity index (χ2n) is 6.95. The molecule has 2 aromatic rings. The molecule has 4 rings (SSSR count). The summed E-state index contributed by atoms with van der Waals surface area (Å²) in [6.45, 7) is 2.30. The molecule has 124 valence electrons. The Morgan fingerprint density at radius 3 is 2.62 bits per heavy atom. The summed E-state index contributed by atoms with van der Waals surface area (Å²) in [5.74, 6) is 1.32. The predicted molar refractivity (Wildman–Crippen MR) is 93.5 cm³/mol. The van der Waals surface area contributed by atoms with E-state index in [0.29, 0.717) is 18.4 Å². The van der Waals surface area contributed by atoms with Gasteiger partial charge in [0.2, 0.25) is 0 Å². The second-order valence-corrected chi connectivity index (χ2v) is 6.95. The van der Waals surface area contributed by atoms with Crippen LogP contribution in [0, 0.1) is 11.8 Å². The standard InChI is InChI=1S/C20H23N3O/c24-20(22-13-15-4-3-8-21-12-15)23-9-7-18(14-23)19-10-16-5-1-2-6-17(16)11-19/h1-6,8,12,18-19H,7,9-11,13-14H2,(H,22,24). The number of hydrogen-bond acceptors (Lipinski definition) is 2. The Hall–Kier alpha value is -2.36. The van der Waals surface area contributed by atoms with E-state index < -0.39 is 0 Å². The maximum absolute atomic E-state index is 12.4. The molecule has 2 heterocycles. The fraction of sp³-hybridized carbons (Fsp3) is 0.400. The van der Waals surface area contributed by atoms with Crippen LogP contribution in [-0.2, 0) is 19.4 Å². The number of carbonyl (C=O) groups is 1. The Balaban J connectivity index is 1.30. The molecular formula is C20H23N3O. The monoisotopic (exact) mass is 321 g/mol. The third-order valence-corrected chi connectivity index (χ3v) is 5.43. The summed E-state index contributed by atoms with van der Waals surface area (Å²) in [4.78, 5) is 18.4. The number of fused-ring (bicyclic) bond motifs is 1. The van der Waals surface area contributed by atoms with Crippen LogP contribution in [0.2, 0.25) is 0 Å². The maximum atomic E-state index is 12.4. The summed E-state index contributed by atoms with van der Waals surface area (Å²) in [5.41, 5.74) is 4.04. The summed E-state index contributed by atoms with van der Waals surface area (Å²) in [6.07, 6.45) is 7.01. The molecule has 0 radical (unpaired) electrons. The number of carbonyl (C=O) groups excluding carboxylic acids is 1. The molecule has 0 spiro atoms. The van der Waals surface area contributed by atoms with Crippen LogP contribution in [0.1, 0.15) is 23.1 Å². The van der Waals surface area contributed by atoms with Crippen LogP contribution in [0.3, 0.4) is 0 Å². The molecular weight excluding hydrogens is 298 g/mol. The van der Waals surface area contributed by atoms with E-state index in [2.05, 4.69) is 34.6 Å². The molecule has 1 aromatic carbocycles. The lowest BCUT2D eigenvalue weighted by molar-refractivity contribution is 0.204. The van der Waals surface area contributed by atoms with Gasteiger partial charge in [0, 0.05) is 32.0 Å². The average Bonchev–Trinajstić information content (AvgIpc) is 3.27. The highest BCUT2D eigenvalue weighted by Crippen LogP contribution is 2.35. The highest BCUT2D eigenvalue weighted by molar-refractivity contribution is 5.74. The van der Waals surface area contributed by atoms with E-state index in [1.54, 1.807) is 12.4 Å². The summed E-state index contributed by atoms with van der Waals surface area (Å²) in [5, 5.41) is 3.02. The quantitative estimate of drug-likeness (QED) is 0.944. The molecule has 4 heteroatoms. The Morgan fingerprint density at radius 1 is 1.12 bits per heavy atom. The van der Waals surface area contributed by atoms with Crippen molar-refractivity contribution >= 4 is 6.03 Å². The molecule has 1 unspecified atom stereocenters. The first-order chi connectivity index (χ1) is 11.8. The molecule has 2 aliphatic rings. The van der Waals surface area contributed by atoms with Gasteiger partial charge in [0.1, 0.15) is 0 Å². The van der Waals surface area contributed by atoms with Gasteiger partial charge < -0.3 is 10.2 Å². The van der Waals surface area contributed by atoms with E-state index in [1.807, 2.05) is 17.0 Å². The normalized spacial score (nSPS) is 20.2. The Labute approximate surface area is 142 Å². The van der Waals surface area contributed by atoms with Gasteiger partial charge in [0.15, 0.2) is 0 Å². The minimum Gasteiger partial charge on any atom is -0.334 e. The van der Waals surface area contributed by atoms with E-state index in [1.165, 1.54) is 24.0 Å². The van der Waals surface area contributed by atoms with Gasteiger partial charge in [-0.1, -0.05) is 30.3 Å². The van der Waals surface area contributed by atoms with Crippen molar-refractivity contribution in [2.75, 3.05) is 13.1 Å². The molecule has 0 bridgehead atoms. The highest BCUT2D eigenvalue weighted by Gasteiger charge is 2.34. The van der Waals surface area contributed by atoms with Gasteiger partial charge in [-0.15, -0.1) is 0 Å². The number of nitrogens with zero attached hydrogens (tertiary/aromatic N) is 2. The van der Waals surface area contributed by atoms with Crippen molar-refractivity contribution in [3.8, 4) is 0 Å². The van der Waals surface area contributed by atoms with E-state index in [9.17, 15) is 4.79 Å². The zero-order chi connectivity index (χ0) is 16.4. The van der Waals surface area contributed by atoms with E-state index in [4.69, 9.17) is 0 Å². The van der Waals surface area contributed by atoms with E-state index in [0.717, 1.165) is 25.1 Å². The van der Waals surface area contributed by atoms with Crippen molar-refractivity contribution in [1.29, 1.82) is 0 Å². The molecule has 24 heavy (non-hydrogen) atoms. The lowest BCUT2D eigenvalue weighted by Gasteiger charge is -2.20. The average molecular weight is 321 g/mol. The summed E-state index contributed by atoms with van der Waals surface area (Å²) < 4.78 is 0. The van der Waals surface area contributed by atoms with Crippen molar-refractivity contribution in [1.82, 2.24) is 15.2 Å². The minimum atomic E-state index is 0.0527. The first kappa shape index (κ1) is 15.2. The number of hydrogen-bond donors (Lipinski definition) is 1. The number of amides is 2. The van der Waals surface area contributed by atoms with Crippen molar-refractivity contribution in [2.24, 2.45) is 11.8 Å². The fourth-order valence-corrected chi connectivity index (χ4v) is 4.07. The highest BCUT2D eigenvalue weighted by atomic mass is 16.2. The fourth-order valence-electron chi connectivity index (χ4n) is 4.07. The van der Waals surface area contributed by atoms with Crippen LogP contribution in [0.4, 0.5) is 4.79 Å². The van der Waals surface area contributed by atoms with Crippen LogP contribution in [-0.4, -0.2) is 29.0 Å². The smallest absolute Gasteiger partial charge is 0.317 e. The molecule has 1 atom stereocenters. The minimum absolute atomic E-state index is 0.0527. The van der Waals surface area contributed by atoms with Gasteiger partial charge in [-0.2, -0.15) is 0 Å². The van der Waals surface area contributed by atoms with E-state index in [-0.39, 0.29) is 6.03 Å². The number of rotatable bonds is 3. The largest absolute Gasteiger partial charge is 0.334 e. The van der Waals surface area contributed by atoms with Gasteiger partial charge in [0.25, 0.3) is 0 Å². The third-order valence-electron chi connectivity index (χ3n) is 5.43. The summed E-state index contributed by atoms with van der Waals surface area (Å²) >= 11 is 0. The van der Waals surface area contributed by atoms with Crippen LogP contribution in [0.15, 0.2) is 48.8 Å². The van der Waals surface area contributed by atoms with Gasteiger partial charge in [-0.25, -0.2) is 4.79 Å². The van der Waals surface area contributed by atoms with Gasteiger partial charge in [-0.05, 0) is 53.9 Å². The number of benzene rings is 1. The van der Waals surface area contributed by atoms with Crippen molar-refractivity contribution < 1.29 is 4.79 Å². The van der Waals surface area contributed by atoms with E-state index >= 15 is 0 Å². The Morgan fingerprint density at radius 2 is 1.92 bits per heavy atom. The van der Waals surface area contributed by atoms with Gasteiger partial charge in [0.05, 0.1) is 0 Å². The van der Waals surface area contributed by atoms with Crippen molar-refractivity contribution in [2.45, 2.75) is 25.8 Å².